The molecule has 0 unspecified atom stereocenters. The van der Waals surface area contributed by atoms with Crippen molar-refractivity contribution in [3.8, 4) is 0 Å². The molecule has 194 valence electrons. The molecule has 0 bridgehead atoms. The van der Waals surface area contributed by atoms with Crippen LogP contribution in [0.15, 0.2) is 77.7 Å². The molecule has 1 amide bonds. The van der Waals surface area contributed by atoms with E-state index in [9.17, 15) is 13.2 Å². The van der Waals surface area contributed by atoms with Gasteiger partial charge in [-0.3, -0.25) is 14.0 Å². The zero-order valence-electron chi connectivity index (χ0n) is 21.6. The fourth-order valence-electron chi connectivity index (χ4n) is 4.10. The van der Waals surface area contributed by atoms with E-state index in [1.54, 1.807) is 36.1 Å². The van der Waals surface area contributed by atoms with Gasteiger partial charge in [-0.15, -0.1) is 0 Å². The lowest BCUT2D eigenvalue weighted by atomic mass is 10.2. The first-order valence-electron chi connectivity index (χ1n) is 12.2. The van der Waals surface area contributed by atoms with Crippen LogP contribution in [0, 0.1) is 6.92 Å². The van der Waals surface area contributed by atoms with E-state index in [-0.39, 0.29) is 10.8 Å². The highest BCUT2D eigenvalue weighted by molar-refractivity contribution is 7.92. The minimum atomic E-state index is -3.77. The number of hydrogen-bond acceptors (Lipinski definition) is 6. The smallest absolute Gasteiger partial charge is 0.264 e. The summed E-state index contributed by atoms with van der Waals surface area (Å²) in [6.45, 7) is 5.47. The second-order valence-electron chi connectivity index (χ2n) is 9.11. The van der Waals surface area contributed by atoms with Crippen LogP contribution < -0.4 is 9.21 Å². The van der Waals surface area contributed by atoms with Crippen molar-refractivity contribution >= 4 is 48.3 Å². The Bertz CT molecular complexity index is 1470. The largest absolute Gasteiger partial charge is 0.309 e. The lowest BCUT2D eigenvalue weighted by molar-refractivity contribution is 0.0986. The van der Waals surface area contributed by atoms with Crippen molar-refractivity contribution in [2.75, 3.05) is 42.9 Å². The molecule has 4 aromatic rings. The Balaban J connectivity index is 1.63. The maximum Gasteiger partial charge on any atom is 0.264 e. The number of carbonyl (C=O) groups is 1. The van der Waals surface area contributed by atoms with Crippen molar-refractivity contribution in [2.24, 2.45) is 0 Å². The average molecular weight is 537 g/mol. The first-order valence-corrected chi connectivity index (χ1v) is 14.5. The van der Waals surface area contributed by atoms with Crippen LogP contribution in [-0.4, -0.2) is 57.9 Å². The van der Waals surface area contributed by atoms with Crippen LogP contribution in [0.25, 0.3) is 10.2 Å². The molecule has 1 heterocycles. The normalized spacial score (nSPS) is 11.7. The number of amides is 1. The Morgan fingerprint density at radius 2 is 1.65 bits per heavy atom. The number of carbonyl (C=O) groups excluding carboxylic acids is 1. The molecular formula is C28H32N4O3S2. The van der Waals surface area contributed by atoms with Crippen molar-refractivity contribution in [1.82, 2.24) is 9.88 Å². The second-order valence-corrected chi connectivity index (χ2v) is 12.0. The van der Waals surface area contributed by atoms with E-state index in [1.807, 2.05) is 51.4 Å². The Kier molecular flexibility index (Phi) is 8.26. The van der Waals surface area contributed by atoms with Gasteiger partial charge in [-0.2, -0.15) is 0 Å². The standard InChI is InChI=1S/C28H32N4O3S2/c1-5-32(23-10-7-6-8-11-23)37(34,35)24-15-13-22(14-16-24)27(33)31(19-9-18-30(3)4)28-29-25-17-12-21(2)20-26(25)36-28/h6-8,10-17,20H,5,9,18-19H2,1-4H3. The molecule has 0 saturated heterocycles. The summed E-state index contributed by atoms with van der Waals surface area (Å²) in [6, 6.07) is 21.3. The van der Waals surface area contributed by atoms with E-state index < -0.39 is 10.0 Å². The van der Waals surface area contributed by atoms with E-state index in [4.69, 9.17) is 4.98 Å². The summed E-state index contributed by atoms with van der Waals surface area (Å²) in [5.41, 5.74) is 3.02. The molecule has 0 N–H and O–H groups in total. The number of sulfonamides is 1. The fourth-order valence-corrected chi connectivity index (χ4v) is 6.66. The minimum absolute atomic E-state index is 0.143. The van der Waals surface area contributed by atoms with Gasteiger partial charge in [-0.05, 0) is 95.0 Å². The molecule has 0 aliphatic rings. The zero-order valence-corrected chi connectivity index (χ0v) is 23.2. The lowest BCUT2D eigenvalue weighted by Crippen LogP contribution is -2.33. The van der Waals surface area contributed by atoms with Gasteiger partial charge in [-0.1, -0.05) is 35.6 Å². The van der Waals surface area contributed by atoms with E-state index in [0.29, 0.717) is 29.5 Å². The Hall–Kier alpha value is -3.27. The number of hydrogen-bond donors (Lipinski definition) is 0. The lowest BCUT2D eigenvalue weighted by Gasteiger charge is -2.23. The van der Waals surface area contributed by atoms with Crippen LogP contribution in [0.4, 0.5) is 10.8 Å². The molecule has 0 aliphatic heterocycles. The molecule has 4 rings (SSSR count). The molecular weight excluding hydrogens is 504 g/mol. The predicted molar refractivity (Wildman–Crippen MR) is 152 cm³/mol. The number of benzene rings is 3. The van der Waals surface area contributed by atoms with Crippen molar-refractivity contribution in [3.05, 3.63) is 83.9 Å². The molecule has 0 saturated carbocycles. The fraction of sp³-hybridized carbons (Fsp3) is 0.286. The molecule has 3 aromatic carbocycles. The minimum Gasteiger partial charge on any atom is -0.309 e. The van der Waals surface area contributed by atoms with E-state index >= 15 is 0 Å². The van der Waals surface area contributed by atoms with Gasteiger partial charge >= 0.3 is 0 Å². The number of nitrogens with zero attached hydrogens (tertiary/aromatic N) is 4. The number of aromatic nitrogens is 1. The number of aryl methyl sites for hydroxylation is 1. The predicted octanol–water partition coefficient (Wildman–Crippen LogP) is 5.42. The van der Waals surface area contributed by atoms with E-state index in [1.165, 1.54) is 27.8 Å². The highest BCUT2D eigenvalue weighted by atomic mass is 32.2. The van der Waals surface area contributed by atoms with Gasteiger partial charge < -0.3 is 4.90 Å². The molecule has 0 spiro atoms. The van der Waals surface area contributed by atoms with Crippen LogP contribution >= 0.6 is 11.3 Å². The van der Waals surface area contributed by atoms with Crippen molar-refractivity contribution < 1.29 is 13.2 Å². The first-order chi connectivity index (χ1) is 17.7. The van der Waals surface area contributed by atoms with E-state index in [2.05, 4.69) is 11.0 Å². The van der Waals surface area contributed by atoms with Crippen LogP contribution in [0.1, 0.15) is 29.3 Å². The maximum absolute atomic E-state index is 13.7. The van der Waals surface area contributed by atoms with Crippen LogP contribution in [-0.2, 0) is 10.0 Å². The Morgan fingerprint density at radius 1 is 0.946 bits per heavy atom. The van der Waals surface area contributed by atoms with Crippen LogP contribution in [0.3, 0.4) is 0 Å². The summed E-state index contributed by atoms with van der Waals surface area (Å²) in [5.74, 6) is -0.200. The maximum atomic E-state index is 13.7. The first kappa shape index (κ1) is 26.8. The third kappa shape index (κ3) is 6.01. The molecule has 0 radical (unpaired) electrons. The Labute approximate surface area is 223 Å². The van der Waals surface area contributed by atoms with Gasteiger partial charge in [0.15, 0.2) is 5.13 Å². The van der Waals surface area contributed by atoms with Crippen molar-refractivity contribution in [2.45, 2.75) is 25.2 Å². The van der Waals surface area contributed by atoms with Gasteiger partial charge in [0.25, 0.3) is 15.9 Å². The topological polar surface area (TPSA) is 73.8 Å². The van der Waals surface area contributed by atoms with Gasteiger partial charge in [0, 0.05) is 18.7 Å². The van der Waals surface area contributed by atoms with Gasteiger partial charge in [0.1, 0.15) is 0 Å². The summed E-state index contributed by atoms with van der Waals surface area (Å²) >= 11 is 1.49. The molecule has 0 fully saturated rings. The second kappa shape index (κ2) is 11.4. The summed E-state index contributed by atoms with van der Waals surface area (Å²) < 4.78 is 29.1. The van der Waals surface area contributed by atoms with Gasteiger partial charge in [0.05, 0.1) is 20.8 Å². The third-order valence-corrected chi connectivity index (χ3v) is 8.97. The number of para-hydroxylation sites is 1. The summed E-state index contributed by atoms with van der Waals surface area (Å²) in [6.07, 6.45) is 0.780. The molecule has 7 nitrogen and oxygen atoms in total. The molecule has 0 atom stereocenters. The monoisotopic (exact) mass is 536 g/mol. The molecule has 0 aliphatic carbocycles. The highest BCUT2D eigenvalue weighted by Gasteiger charge is 2.25. The van der Waals surface area contributed by atoms with Crippen molar-refractivity contribution in [3.63, 3.8) is 0 Å². The van der Waals surface area contributed by atoms with Crippen molar-refractivity contribution in [1.29, 1.82) is 0 Å². The summed E-state index contributed by atoms with van der Waals surface area (Å²) in [4.78, 5) is 22.3. The quantitative estimate of drug-likeness (QED) is 0.271. The molecule has 37 heavy (non-hydrogen) atoms. The van der Waals surface area contributed by atoms with Crippen LogP contribution in [0.5, 0.6) is 0 Å². The number of thiazole rings is 1. The Morgan fingerprint density at radius 3 is 2.30 bits per heavy atom. The summed E-state index contributed by atoms with van der Waals surface area (Å²) in [7, 11) is 0.230. The third-order valence-electron chi connectivity index (χ3n) is 6.02. The SMILES string of the molecule is CCN(c1ccccc1)S(=O)(=O)c1ccc(C(=O)N(CCCN(C)C)c2nc3ccc(C)cc3s2)cc1. The number of anilines is 2. The average Bonchev–Trinajstić information content (AvgIpc) is 3.30. The molecule has 9 heteroatoms. The van der Waals surface area contributed by atoms with Gasteiger partial charge in [-0.25, -0.2) is 13.4 Å². The number of rotatable bonds is 10. The van der Waals surface area contributed by atoms with Crippen LogP contribution in [0.2, 0.25) is 0 Å². The molecule has 1 aromatic heterocycles. The number of fused-ring (bicyclic) bond motifs is 1. The summed E-state index contributed by atoms with van der Waals surface area (Å²) in [5, 5.41) is 0.641. The zero-order chi connectivity index (χ0) is 26.6. The van der Waals surface area contributed by atoms with Gasteiger partial charge in [0.2, 0.25) is 0 Å². The highest BCUT2D eigenvalue weighted by Crippen LogP contribution is 2.31. The van der Waals surface area contributed by atoms with E-state index in [0.717, 1.165) is 28.7 Å².